The van der Waals surface area contributed by atoms with E-state index in [1.165, 1.54) is 0 Å². The first-order valence-electron chi connectivity index (χ1n) is 6.53. The molecule has 0 bridgehead atoms. The summed E-state index contributed by atoms with van der Waals surface area (Å²) in [6, 6.07) is 9.66. The van der Waals surface area contributed by atoms with Gasteiger partial charge in [0.1, 0.15) is 18.0 Å². The van der Waals surface area contributed by atoms with Crippen LogP contribution in [0.1, 0.15) is 12.8 Å². The number of fused-ring (bicyclic) bond motifs is 1. The van der Waals surface area contributed by atoms with Crippen molar-refractivity contribution in [1.82, 2.24) is 4.98 Å². The van der Waals surface area contributed by atoms with Crippen LogP contribution < -0.4 is 4.74 Å². The van der Waals surface area contributed by atoms with Crippen LogP contribution in [0.5, 0.6) is 5.75 Å². The predicted octanol–water partition coefficient (Wildman–Crippen LogP) is 2.16. The van der Waals surface area contributed by atoms with E-state index < -0.39 is 5.60 Å². The summed E-state index contributed by atoms with van der Waals surface area (Å²) < 4.78 is 11.0. The van der Waals surface area contributed by atoms with Gasteiger partial charge in [0.15, 0.2) is 0 Å². The summed E-state index contributed by atoms with van der Waals surface area (Å²) in [6.07, 6.45) is 3.03. The van der Waals surface area contributed by atoms with Crippen molar-refractivity contribution in [2.24, 2.45) is 0 Å². The van der Waals surface area contributed by atoms with E-state index in [4.69, 9.17) is 9.47 Å². The van der Waals surface area contributed by atoms with E-state index in [0.717, 1.165) is 16.7 Å². The summed E-state index contributed by atoms with van der Waals surface area (Å²) in [5.74, 6) is 0.764. The van der Waals surface area contributed by atoms with Crippen molar-refractivity contribution in [1.29, 1.82) is 0 Å². The fourth-order valence-corrected chi connectivity index (χ4v) is 2.26. The monoisotopic (exact) mass is 259 g/mol. The van der Waals surface area contributed by atoms with Crippen molar-refractivity contribution in [3.05, 3.63) is 36.5 Å². The van der Waals surface area contributed by atoms with Crippen LogP contribution in [0.4, 0.5) is 0 Å². The van der Waals surface area contributed by atoms with Crippen LogP contribution in [0.2, 0.25) is 0 Å². The molecular weight excluding hydrogens is 242 g/mol. The topological polar surface area (TPSA) is 51.6 Å². The molecule has 1 aromatic heterocycles. The number of pyridine rings is 1. The van der Waals surface area contributed by atoms with Gasteiger partial charge in [-0.2, -0.15) is 0 Å². The van der Waals surface area contributed by atoms with Crippen molar-refractivity contribution >= 4 is 10.9 Å². The first-order chi connectivity index (χ1) is 9.25. The second kappa shape index (κ2) is 5.15. The zero-order chi connectivity index (χ0) is 13.1. The van der Waals surface area contributed by atoms with Gasteiger partial charge in [-0.25, -0.2) is 0 Å². The highest BCUT2D eigenvalue weighted by molar-refractivity contribution is 5.79. The van der Waals surface area contributed by atoms with Gasteiger partial charge in [0, 0.05) is 37.6 Å². The molecule has 1 aromatic carbocycles. The third kappa shape index (κ3) is 2.85. The minimum atomic E-state index is -0.762. The van der Waals surface area contributed by atoms with Crippen molar-refractivity contribution in [2.45, 2.75) is 18.4 Å². The van der Waals surface area contributed by atoms with Crippen molar-refractivity contribution in [2.75, 3.05) is 19.8 Å². The molecule has 0 spiro atoms. The fraction of sp³-hybridized carbons (Fsp3) is 0.400. The highest BCUT2D eigenvalue weighted by Crippen LogP contribution is 2.24. The molecule has 0 atom stereocenters. The van der Waals surface area contributed by atoms with Crippen LogP contribution in [-0.4, -0.2) is 35.5 Å². The molecule has 2 heterocycles. The quantitative estimate of drug-likeness (QED) is 0.917. The Morgan fingerprint density at radius 1 is 1.26 bits per heavy atom. The maximum Gasteiger partial charge on any atom is 0.120 e. The van der Waals surface area contributed by atoms with Crippen LogP contribution in [0.3, 0.4) is 0 Å². The molecule has 3 rings (SSSR count). The molecule has 1 saturated heterocycles. The van der Waals surface area contributed by atoms with Crippen LogP contribution in [0.25, 0.3) is 10.9 Å². The van der Waals surface area contributed by atoms with Crippen molar-refractivity contribution in [3.63, 3.8) is 0 Å². The van der Waals surface area contributed by atoms with Gasteiger partial charge in [-0.1, -0.05) is 6.07 Å². The Morgan fingerprint density at radius 2 is 2.11 bits per heavy atom. The number of ether oxygens (including phenoxy) is 2. The molecular formula is C15H17NO3. The summed E-state index contributed by atoms with van der Waals surface area (Å²) in [5.41, 5.74) is 0.182. The Hall–Kier alpha value is -1.65. The van der Waals surface area contributed by atoms with Gasteiger partial charge < -0.3 is 14.6 Å². The third-order valence-corrected chi connectivity index (χ3v) is 3.51. The Labute approximate surface area is 112 Å². The number of benzene rings is 1. The van der Waals surface area contributed by atoms with E-state index >= 15 is 0 Å². The number of nitrogens with zero attached hydrogens (tertiary/aromatic N) is 1. The van der Waals surface area contributed by atoms with E-state index in [2.05, 4.69) is 4.98 Å². The molecule has 2 aromatic rings. The first kappa shape index (κ1) is 12.4. The lowest BCUT2D eigenvalue weighted by Gasteiger charge is -2.31. The molecule has 0 radical (unpaired) electrons. The van der Waals surface area contributed by atoms with Crippen LogP contribution in [-0.2, 0) is 4.74 Å². The minimum absolute atomic E-state index is 0.308. The largest absolute Gasteiger partial charge is 0.491 e. The van der Waals surface area contributed by atoms with Gasteiger partial charge in [0.2, 0.25) is 0 Å². The average Bonchev–Trinajstić information content (AvgIpc) is 2.46. The Kier molecular flexibility index (Phi) is 3.36. The summed E-state index contributed by atoms with van der Waals surface area (Å²) in [7, 11) is 0. The van der Waals surface area contributed by atoms with E-state index in [1.807, 2.05) is 30.3 Å². The molecule has 0 unspecified atom stereocenters. The summed E-state index contributed by atoms with van der Waals surface area (Å²) in [5, 5.41) is 11.4. The molecule has 19 heavy (non-hydrogen) atoms. The second-order valence-electron chi connectivity index (χ2n) is 4.98. The third-order valence-electron chi connectivity index (χ3n) is 3.51. The standard InChI is InChI=1S/C15H17NO3/c17-15(5-8-18-9-6-15)11-19-13-3-4-14-12(10-13)2-1-7-16-14/h1-4,7,10,17H,5-6,8-9,11H2. The number of aliphatic hydroxyl groups is 1. The van der Waals surface area contributed by atoms with Gasteiger partial charge in [-0.15, -0.1) is 0 Å². The SMILES string of the molecule is OC1(COc2ccc3ncccc3c2)CCOCC1. The van der Waals surface area contributed by atoms with Crippen molar-refractivity contribution < 1.29 is 14.6 Å². The van der Waals surface area contributed by atoms with E-state index in [9.17, 15) is 5.11 Å². The minimum Gasteiger partial charge on any atom is -0.491 e. The molecule has 1 aliphatic heterocycles. The molecule has 1 fully saturated rings. The summed E-state index contributed by atoms with van der Waals surface area (Å²) in [4.78, 5) is 4.26. The van der Waals surface area contributed by atoms with Crippen molar-refractivity contribution in [3.8, 4) is 5.75 Å². The predicted molar refractivity (Wildman–Crippen MR) is 72.2 cm³/mol. The van der Waals surface area contributed by atoms with E-state index in [0.29, 0.717) is 32.7 Å². The Balaban J connectivity index is 1.71. The Bertz CT molecular complexity index is 564. The zero-order valence-electron chi connectivity index (χ0n) is 10.7. The molecule has 0 saturated carbocycles. The lowest BCUT2D eigenvalue weighted by Crippen LogP contribution is -2.41. The molecule has 100 valence electrons. The Morgan fingerprint density at radius 3 is 2.95 bits per heavy atom. The molecule has 4 nitrogen and oxygen atoms in total. The summed E-state index contributed by atoms with van der Waals surface area (Å²) >= 11 is 0. The average molecular weight is 259 g/mol. The maximum atomic E-state index is 10.3. The molecule has 0 aliphatic carbocycles. The highest BCUT2D eigenvalue weighted by Gasteiger charge is 2.30. The van der Waals surface area contributed by atoms with E-state index in [-0.39, 0.29) is 0 Å². The lowest BCUT2D eigenvalue weighted by atomic mass is 9.96. The first-order valence-corrected chi connectivity index (χ1v) is 6.53. The van der Waals surface area contributed by atoms with Gasteiger partial charge >= 0.3 is 0 Å². The molecule has 4 heteroatoms. The smallest absolute Gasteiger partial charge is 0.120 e. The number of hydrogen-bond donors (Lipinski definition) is 1. The summed E-state index contributed by atoms with van der Waals surface area (Å²) in [6.45, 7) is 1.51. The lowest BCUT2D eigenvalue weighted by molar-refractivity contribution is -0.0855. The normalized spacial score (nSPS) is 18.4. The second-order valence-corrected chi connectivity index (χ2v) is 4.98. The zero-order valence-corrected chi connectivity index (χ0v) is 10.7. The molecule has 1 aliphatic rings. The number of aromatic nitrogens is 1. The van der Waals surface area contributed by atoms with Gasteiger partial charge in [0.05, 0.1) is 5.52 Å². The molecule has 0 amide bonds. The van der Waals surface area contributed by atoms with Gasteiger partial charge in [0.25, 0.3) is 0 Å². The highest BCUT2D eigenvalue weighted by atomic mass is 16.5. The molecule has 1 N–H and O–H groups in total. The van der Waals surface area contributed by atoms with Gasteiger partial charge in [-0.05, 0) is 24.3 Å². The maximum absolute atomic E-state index is 10.3. The number of rotatable bonds is 3. The van der Waals surface area contributed by atoms with Crippen LogP contribution in [0, 0.1) is 0 Å². The van der Waals surface area contributed by atoms with Gasteiger partial charge in [-0.3, -0.25) is 4.98 Å². The van der Waals surface area contributed by atoms with Crippen LogP contribution >= 0.6 is 0 Å². The number of hydrogen-bond acceptors (Lipinski definition) is 4. The van der Waals surface area contributed by atoms with E-state index in [1.54, 1.807) is 6.20 Å². The fourth-order valence-electron chi connectivity index (χ4n) is 2.26. The van der Waals surface area contributed by atoms with Crippen LogP contribution in [0.15, 0.2) is 36.5 Å².